The molecule has 1 N–H and O–H groups in total. The van der Waals surface area contributed by atoms with E-state index in [0.717, 1.165) is 25.3 Å². The molecule has 12 nitrogen and oxygen atoms in total. The maximum absolute atomic E-state index is 13.0. The number of hydrogen-bond donors (Lipinski definition) is 1. The molecule has 0 fully saturated rings. The van der Waals surface area contributed by atoms with Crippen molar-refractivity contribution in [2.75, 3.05) is 26.4 Å². The molecule has 0 spiro atoms. The predicted octanol–water partition coefficient (Wildman–Crippen LogP) is 5.18. The molecule has 2 atom stereocenters. The van der Waals surface area contributed by atoms with Crippen molar-refractivity contribution in [3.8, 4) is 17.2 Å². The van der Waals surface area contributed by atoms with Gasteiger partial charge in [-0.25, -0.2) is 9.59 Å². The van der Waals surface area contributed by atoms with Crippen molar-refractivity contribution in [3.63, 3.8) is 0 Å². The fourth-order valence-electron chi connectivity index (χ4n) is 4.75. The molecule has 246 valence electrons. The van der Waals surface area contributed by atoms with Gasteiger partial charge < -0.3 is 37.9 Å². The molecule has 1 aliphatic rings. The molecule has 0 aliphatic carbocycles. The van der Waals surface area contributed by atoms with Gasteiger partial charge >= 0.3 is 17.9 Å². The van der Waals surface area contributed by atoms with Gasteiger partial charge in [0.25, 0.3) is 0 Å². The first-order chi connectivity index (χ1) is 22.2. The van der Waals surface area contributed by atoms with Crippen LogP contribution in [-0.2, 0) is 23.8 Å². The summed E-state index contributed by atoms with van der Waals surface area (Å²) in [6, 6.07) is 10.5. The van der Waals surface area contributed by atoms with E-state index in [1.54, 1.807) is 44.2 Å². The molecular weight excluding hydrogens is 600 g/mol. The maximum atomic E-state index is 13.0. The van der Waals surface area contributed by atoms with Gasteiger partial charge in [0.05, 0.1) is 18.8 Å². The first-order valence-corrected chi connectivity index (χ1v) is 15.3. The number of hydrogen-bond acceptors (Lipinski definition) is 12. The fraction of sp³-hybridized carbons (Fsp3) is 0.412. The summed E-state index contributed by atoms with van der Waals surface area (Å²) >= 11 is 0. The Balaban J connectivity index is 1.53. The topological polar surface area (TPSA) is 157 Å². The van der Waals surface area contributed by atoms with Crippen LogP contribution in [0.3, 0.4) is 0 Å². The van der Waals surface area contributed by atoms with Crippen molar-refractivity contribution in [2.24, 2.45) is 0 Å². The van der Waals surface area contributed by atoms with Gasteiger partial charge in [-0.15, -0.1) is 0 Å². The van der Waals surface area contributed by atoms with E-state index in [9.17, 15) is 24.3 Å². The second kappa shape index (κ2) is 16.5. The molecule has 3 aromatic rings. The highest BCUT2D eigenvalue weighted by Gasteiger charge is 2.29. The summed E-state index contributed by atoms with van der Waals surface area (Å²) in [7, 11) is 0. The Kier molecular flexibility index (Phi) is 12.2. The van der Waals surface area contributed by atoms with Crippen LogP contribution in [0.15, 0.2) is 63.5 Å². The van der Waals surface area contributed by atoms with E-state index in [0.29, 0.717) is 6.42 Å². The third-order valence-corrected chi connectivity index (χ3v) is 6.90. The summed E-state index contributed by atoms with van der Waals surface area (Å²) in [5, 5.41) is 10.9. The van der Waals surface area contributed by atoms with Gasteiger partial charge in [-0.2, -0.15) is 0 Å². The number of carbonyl (C=O) groups is 3. The zero-order valence-corrected chi connectivity index (χ0v) is 26.1. The van der Waals surface area contributed by atoms with Gasteiger partial charge in [-0.1, -0.05) is 38.3 Å². The number of ether oxygens (including phenoxy) is 6. The summed E-state index contributed by atoms with van der Waals surface area (Å²) < 4.78 is 38.9. The Hall–Kier alpha value is -4.84. The standard InChI is InChI=1S/C34H38O12/c1-4-7-8-9-16-30(37)44-21(19-42-24-12-10-14-26-31(24)22(35)17-28(45-26)33(38)40-5-2)20-43-25-13-11-15-27-32(25)23(36)18-29(46-27)34(39)41-6-3/h10-15,17-18,21-22,35H,4-9,16,19-20H2,1-3H3. The number of benzene rings is 2. The second-order valence-electron chi connectivity index (χ2n) is 10.3. The number of unbranched alkanes of at least 4 members (excludes halogenated alkanes) is 3. The summed E-state index contributed by atoms with van der Waals surface area (Å²) in [6.45, 7) is 5.27. The average molecular weight is 639 g/mol. The molecule has 0 bridgehead atoms. The van der Waals surface area contributed by atoms with Crippen LogP contribution >= 0.6 is 0 Å². The van der Waals surface area contributed by atoms with Crippen molar-refractivity contribution in [1.82, 2.24) is 0 Å². The maximum Gasteiger partial charge on any atom is 0.374 e. The van der Waals surface area contributed by atoms with Crippen LogP contribution in [-0.4, -0.2) is 55.5 Å². The summed E-state index contributed by atoms with van der Waals surface area (Å²) in [4.78, 5) is 50.0. The molecule has 0 saturated carbocycles. The normalized spacial score (nSPS) is 14.3. The summed E-state index contributed by atoms with van der Waals surface area (Å²) in [5.41, 5.74) is -0.111. The minimum absolute atomic E-state index is 0.0997. The number of fused-ring (bicyclic) bond motifs is 2. The summed E-state index contributed by atoms with van der Waals surface area (Å²) in [6.07, 6.45) is 2.85. The van der Waals surface area contributed by atoms with Crippen LogP contribution in [0.5, 0.6) is 17.2 Å². The van der Waals surface area contributed by atoms with Crippen molar-refractivity contribution in [2.45, 2.75) is 65.1 Å². The second-order valence-corrected chi connectivity index (χ2v) is 10.3. The van der Waals surface area contributed by atoms with E-state index in [1.807, 2.05) is 0 Å². The molecule has 0 amide bonds. The van der Waals surface area contributed by atoms with E-state index in [2.05, 4.69) is 6.92 Å². The molecule has 0 saturated heterocycles. The third-order valence-electron chi connectivity index (χ3n) is 6.90. The number of aliphatic hydroxyl groups is 1. The van der Waals surface area contributed by atoms with Crippen LogP contribution in [0, 0.1) is 0 Å². The Morgan fingerprint density at radius 1 is 0.891 bits per heavy atom. The first kappa shape index (κ1) is 34.0. The Morgan fingerprint density at radius 2 is 1.59 bits per heavy atom. The third kappa shape index (κ3) is 8.66. The first-order valence-electron chi connectivity index (χ1n) is 15.3. The van der Waals surface area contributed by atoms with Gasteiger partial charge in [-0.3, -0.25) is 9.59 Å². The van der Waals surface area contributed by atoms with E-state index >= 15 is 0 Å². The van der Waals surface area contributed by atoms with Crippen molar-refractivity contribution >= 4 is 28.9 Å². The smallest absolute Gasteiger partial charge is 0.374 e. The number of aliphatic hydroxyl groups excluding tert-OH is 1. The van der Waals surface area contributed by atoms with Crippen LogP contribution < -0.4 is 19.6 Å². The van der Waals surface area contributed by atoms with Crippen molar-refractivity contribution in [1.29, 1.82) is 0 Å². The largest absolute Gasteiger partial charge is 0.489 e. The van der Waals surface area contributed by atoms with Gasteiger partial charge in [0.15, 0.2) is 11.5 Å². The highest BCUT2D eigenvalue weighted by Crippen LogP contribution is 2.39. The Bertz CT molecular complexity index is 1620. The van der Waals surface area contributed by atoms with E-state index in [-0.39, 0.29) is 78.1 Å². The molecule has 46 heavy (non-hydrogen) atoms. The van der Waals surface area contributed by atoms with Crippen LogP contribution in [0.25, 0.3) is 11.0 Å². The minimum Gasteiger partial charge on any atom is -0.489 e. The molecular formula is C34H38O12. The number of rotatable bonds is 16. The van der Waals surface area contributed by atoms with Gasteiger partial charge in [0.2, 0.25) is 11.5 Å². The lowest BCUT2D eigenvalue weighted by Crippen LogP contribution is -2.31. The van der Waals surface area contributed by atoms with E-state index in [4.69, 9.17) is 32.8 Å². The van der Waals surface area contributed by atoms with E-state index < -0.39 is 35.5 Å². The zero-order chi connectivity index (χ0) is 33.1. The molecule has 2 aromatic carbocycles. The lowest BCUT2D eigenvalue weighted by molar-refractivity contribution is -0.152. The van der Waals surface area contributed by atoms with Crippen LogP contribution in [0.2, 0.25) is 0 Å². The Labute approximate surface area is 265 Å². The molecule has 2 unspecified atom stereocenters. The van der Waals surface area contributed by atoms with Crippen LogP contribution in [0.1, 0.15) is 75.1 Å². The van der Waals surface area contributed by atoms with Gasteiger partial charge in [0, 0.05) is 12.5 Å². The predicted molar refractivity (Wildman–Crippen MR) is 165 cm³/mol. The lowest BCUT2D eigenvalue weighted by Gasteiger charge is -2.25. The van der Waals surface area contributed by atoms with Gasteiger partial charge in [0.1, 0.15) is 47.5 Å². The summed E-state index contributed by atoms with van der Waals surface area (Å²) in [5.74, 6) is -1.68. The number of esters is 3. The minimum atomic E-state index is -1.23. The van der Waals surface area contributed by atoms with Crippen molar-refractivity contribution in [3.05, 3.63) is 75.8 Å². The Morgan fingerprint density at radius 3 is 2.33 bits per heavy atom. The van der Waals surface area contributed by atoms with Crippen molar-refractivity contribution < 1.29 is 52.3 Å². The quantitative estimate of drug-likeness (QED) is 0.125. The SMILES string of the molecule is CCCCCCC(=O)OC(COc1cccc2c1C(O)C=C(C(=O)OCC)O2)COc1cccc2oc(C(=O)OCC)cc(=O)c12. The monoisotopic (exact) mass is 638 g/mol. The molecule has 1 aromatic heterocycles. The van der Waals surface area contributed by atoms with E-state index in [1.165, 1.54) is 12.1 Å². The molecule has 2 heterocycles. The average Bonchev–Trinajstić information content (AvgIpc) is 3.04. The molecule has 4 rings (SSSR count). The lowest BCUT2D eigenvalue weighted by atomic mass is 10.0. The van der Waals surface area contributed by atoms with Crippen LogP contribution in [0.4, 0.5) is 0 Å². The number of carbonyl (C=O) groups excluding carboxylic acids is 3. The highest BCUT2D eigenvalue weighted by molar-refractivity contribution is 5.90. The van der Waals surface area contributed by atoms with Gasteiger partial charge in [-0.05, 0) is 50.6 Å². The highest BCUT2D eigenvalue weighted by atomic mass is 16.6. The fourth-order valence-corrected chi connectivity index (χ4v) is 4.75. The molecule has 1 aliphatic heterocycles. The zero-order valence-electron chi connectivity index (χ0n) is 26.1. The molecule has 0 radical (unpaired) electrons. The molecule has 12 heteroatoms.